The highest BCUT2D eigenvalue weighted by atomic mass is 16.2. The van der Waals surface area contributed by atoms with Crippen LogP contribution >= 0.6 is 0 Å². The normalized spacial score (nSPS) is 24.6. The maximum Gasteiger partial charge on any atom is 0.251 e. The third-order valence-corrected chi connectivity index (χ3v) is 13.1. The second-order valence-electron chi connectivity index (χ2n) is 18.6. The Morgan fingerprint density at radius 3 is 2.32 bits per heavy atom. The molecule has 4 heterocycles. The smallest absolute Gasteiger partial charge is 0.251 e. The molecule has 278 valence electrons. The molecule has 53 heavy (non-hydrogen) atoms. The summed E-state index contributed by atoms with van der Waals surface area (Å²) in [6.07, 6.45) is 12.8. The fourth-order valence-corrected chi connectivity index (χ4v) is 10.8. The van der Waals surface area contributed by atoms with E-state index in [1.807, 2.05) is 31.5 Å². The van der Waals surface area contributed by atoms with E-state index in [1.165, 1.54) is 18.4 Å². The van der Waals surface area contributed by atoms with E-state index >= 15 is 0 Å². The molecule has 9 nitrogen and oxygen atoms in total. The van der Waals surface area contributed by atoms with E-state index in [1.54, 1.807) is 7.05 Å². The number of carbonyl (C=O) groups is 2. The molecule has 4 aromatic rings. The Labute approximate surface area is 313 Å². The number of benzene rings is 2. The summed E-state index contributed by atoms with van der Waals surface area (Å²) in [5.74, 6) is 0.933. The van der Waals surface area contributed by atoms with Gasteiger partial charge in [-0.2, -0.15) is 0 Å². The summed E-state index contributed by atoms with van der Waals surface area (Å²) in [5.41, 5.74) is 8.51. The van der Waals surface area contributed by atoms with Gasteiger partial charge in [0.15, 0.2) is 5.82 Å². The molecule has 1 saturated heterocycles. The van der Waals surface area contributed by atoms with E-state index in [9.17, 15) is 9.59 Å². The highest BCUT2D eigenvalue weighted by Gasteiger charge is 2.55. The minimum absolute atomic E-state index is 0.115. The van der Waals surface area contributed by atoms with Gasteiger partial charge in [-0.05, 0) is 98.1 Å². The summed E-state index contributed by atoms with van der Waals surface area (Å²) in [4.78, 5) is 42.6. The number of piperidine rings is 1. The molecule has 0 radical (unpaired) electrons. The molecule has 2 amide bonds. The topological polar surface area (TPSA) is 95.4 Å². The average Bonchev–Trinajstić information content (AvgIpc) is 3.81. The van der Waals surface area contributed by atoms with Gasteiger partial charge in [0.25, 0.3) is 5.91 Å². The Kier molecular flexibility index (Phi) is 8.08. The number of aromatic nitrogens is 3. The molecule has 2 N–H and O–H groups in total. The number of nitrogens with one attached hydrogen (secondary N) is 2. The number of rotatable bonds is 7. The third kappa shape index (κ3) is 5.94. The lowest BCUT2D eigenvalue weighted by atomic mass is 9.69. The minimum atomic E-state index is -0.409. The number of hydrogen-bond acceptors (Lipinski definition) is 6. The Morgan fingerprint density at radius 1 is 0.887 bits per heavy atom. The van der Waals surface area contributed by atoms with Crippen molar-refractivity contribution in [1.29, 1.82) is 0 Å². The van der Waals surface area contributed by atoms with Crippen LogP contribution in [0.5, 0.6) is 0 Å². The number of fused-ring (bicyclic) bond motifs is 3. The molecular formula is C44H55N7O2. The number of likely N-dealkylation sites (tertiary alicyclic amines) is 1. The van der Waals surface area contributed by atoms with Gasteiger partial charge in [-0.1, -0.05) is 65.2 Å². The van der Waals surface area contributed by atoms with Crippen LogP contribution in [0.4, 0.5) is 17.2 Å². The van der Waals surface area contributed by atoms with Gasteiger partial charge in [0.1, 0.15) is 5.52 Å². The largest absolute Gasteiger partial charge is 0.355 e. The first-order valence-corrected chi connectivity index (χ1v) is 20.0. The van der Waals surface area contributed by atoms with Gasteiger partial charge in [-0.15, -0.1) is 0 Å². The molecule has 2 aromatic carbocycles. The van der Waals surface area contributed by atoms with E-state index in [0.717, 1.165) is 110 Å². The summed E-state index contributed by atoms with van der Waals surface area (Å²) in [7, 11) is 1.66. The zero-order valence-electron chi connectivity index (χ0n) is 32.4. The summed E-state index contributed by atoms with van der Waals surface area (Å²) in [5, 5.41) is 6.36. The third-order valence-electron chi connectivity index (χ3n) is 13.1. The van der Waals surface area contributed by atoms with Crippen molar-refractivity contribution in [3.8, 4) is 11.3 Å². The molecule has 9 heteroatoms. The summed E-state index contributed by atoms with van der Waals surface area (Å²) in [6.45, 7) is 13.9. The van der Waals surface area contributed by atoms with E-state index in [4.69, 9.17) is 9.97 Å². The second kappa shape index (κ2) is 12.4. The lowest BCUT2D eigenvalue weighted by molar-refractivity contribution is -0.125. The van der Waals surface area contributed by atoms with E-state index < -0.39 is 5.41 Å². The minimum Gasteiger partial charge on any atom is -0.355 e. The fourth-order valence-electron chi connectivity index (χ4n) is 10.8. The van der Waals surface area contributed by atoms with Gasteiger partial charge in [0.2, 0.25) is 5.91 Å². The van der Waals surface area contributed by atoms with E-state index in [-0.39, 0.29) is 11.9 Å². The van der Waals surface area contributed by atoms with Crippen LogP contribution in [0, 0.1) is 17.8 Å². The number of aryl methyl sites for hydroxylation is 1. The van der Waals surface area contributed by atoms with Crippen molar-refractivity contribution in [3.63, 3.8) is 0 Å². The van der Waals surface area contributed by atoms with E-state index in [0.29, 0.717) is 34.4 Å². The van der Waals surface area contributed by atoms with Crippen molar-refractivity contribution < 1.29 is 9.59 Å². The van der Waals surface area contributed by atoms with Gasteiger partial charge in [0, 0.05) is 60.8 Å². The van der Waals surface area contributed by atoms with Crippen LogP contribution in [0.25, 0.3) is 22.3 Å². The molecule has 3 saturated carbocycles. The Bertz CT molecular complexity index is 2100. The molecule has 0 atom stereocenters. The number of hydrogen-bond donors (Lipinski definition) is 2. The monoisotopic (exact) mass is 713 g/mol. The maximum atomic E-state index is 14.8. The molecule has 3 aliphatic carbocycles. The quantitative estimate of drug-likeness (QED) is 0.199. The Balaban J connectivity index is 1.08. The van der Waals surface area contributed by atoms with Crippen LogP contribution in [0.1, 0.15) is 119 Å². The second-order valence-corrected chi connectivity index (χ2v) is 18.6. The summed E-state index contributed by atoms with van der Waals surface area (Å²) >= 11 is 0. The highest BCUT2D eigenvalue weighted by Crippen LogP contribution is 2.54. The zero-order chi connectivity index (χ0) is 36.9. The molecular weight excluding hydrogens is 659 g/mol. The molecule has 5 aliphatic rings. The molecule has 1 spiro atoms. The van der Waals surface area contributed by atoms with Crippen molar-refractivity contribution in [2.24, 2.45) is 10.8 Å². The first kappa shape index (κ1) is 34.5. The van der Waals surface area contributed by atoms with Crippen LogP contribution in [-0.4, -0.2) is 63.5 Å². The number of pyridine rings is 1. The van der Waals surface area contributed by atoms with Gasteiger partial charge in [-0.25, -0.2) is 9.97 Å². The van der Waals surface area contributed by atoms with Crippen LogP contribution in [0.15, 0.2) is 48.8 Å². The van der Waals surface area contributed by atoms with Crippen LogP contribution in [-0.2, 0) is 10.2 Å². The van der Waals surface area contributed by atoms with Gasteiger partial charge in [-0.3, -0.25) is 14.5 Å². The predicted molar refractivity (Wildman–Crippen MR) is 212 cm³/mol. The van der Waals surface area contributed by atoms with Crippen molar-refractivity contribution in [1.82, 2.24) is 24.8 Å². The Hall–Kier alpha value is -4.24. The molecule has 9 rings (SSSR count). The standard InChI is InChI=1S/C44H55N7O2/c1-27-10-12-29(19-33(27)40(52)45-6)47-39-38-36(46-26-50(38)30-13-14-30)22-35(48-39)28-11-15-34-37(18-28)51(41(53)44(34)16-8-7-9-17-44)32-20-31(21-32)49-24-42(2,3)23-43(4,5)25-49/h10-12,15,18-19,22,26,30-32H,7-9,13-14,16-17,20-21,23-25H2,1-6H3,(H,45,52)(H,47,48). The van der Waals surface area contributed by atoms with Crippen molar-refractivity contribution >= 4 is 40.0 Å². The maximum absolute atomic E-state index is 14.8. The van der Waals surface area contributed by atoms with Crippen molar-refractivity contribution in [2.45, 2.75) is 122 Å². The lowest BCUT2D eigenvalue weighted by Crippen LogP contribution is -2.61. The molecule has 2 aliphatic heterocycles. The highest BCUT2D eigenvalue weighted by molar-refractivity contribution is 6.09. The Morgan fingerprint density at radius 2 is 1.62 bits per heavy atom. The number of carbonyl (C=O) groups excluding carboxylic acids is 2. The van der Waals surface area contributed by atoms with Crippen LogP contribution < -0.4 is 15.5 Å². The average molecular weight is 714 g/mol. The number of anilines is 3. The number of imidazole rings is 1. The van der Waals surface area contributed by atoms with Crippen LogP contribution in [0.2, 0.25) is 0 Å². The molecule has 2 aromatic heterocycles. The van der Waals surface area contributed by atoms with Crippen molar-refractivity contribution in [2.75, 3.05) is 30.4 Å². The van der Waals surface area contributed by atoms with Crippen LogP contribution in [0.3, 0.4) is 0 Å². The SMILES string of the molecule is CNC(=O)c1cc(Nc2nc(-c3ccc4c(c3)N(C3CC(N5CC(C)(C)CC(C)(C)C5)C3)C(=O)C43CCCCC3)cc3ncn(C4CC4)c23)ccc1C. The van der Waals surface area contributed by atoms with Gasteiger partial charge in [0.05, 0.1) is 23.0 Å². The first-order chi connectivity index (χ1) is 25.3. The zero-order valence-corrected chi connectivity index (χ0v) is 32.4. The molecule has 4 fully saturated rings. The van der Waals surface area contributed by atoms with Gasteiger partial charge < -0.3 is 20.1 Å². The van der Waals surface area contributed by atoms with Gasteiger partial charge >= 0.3 is 0 Å². The fraction of sp³-hybridized carbons (Fsp3) is 0.545. The lowest BCUT2D eigenvalue weighted by Gasteiger charge is -2.54. The summed E-state index contributed by atoms with van der Waals surface area (Å²) < 4.78 is 2.25. The molecule has 0 unspecified atom stereocenters. The number of amides is 2. The molecule has 0 bridgehead atoms. The predicted octanol–water partition coefficient (Wildman–Crippen LogP) is 8.68. The first-order valence-electron chi connectivity index (χ1n) is 20.0. The summed E-state index contributed by atoms with van der Waals surface area (Å²) in [6, 6.07) is 15.8. The number of nitrogens with zero attached hydrogens (tertiary/aromatic N) is 5. The van der Waals surface area contributed by atoms with Crippen molar-refractivity contribution in [3.05, 3.63) is 65.5 Å². The van der Waals surface area contributed by atoms with E-state index in [2.05, 4.69) is 77.0 Å².